The number of esters is 1. The highest BCUT2D eigenvalue weighted by atomic mass is 16.6. The van der Waals surface area contributed by atoms with Crippen LogP contribution in [0.5, 0.6) is 0 Å². The maximum absolute atomic E-state index is 11.8. The maximum Gasteiger partial charge on any atom is 0.338 e. The first-order valence-corrected chi connectivity index (χ1v) is 5.76. The molecule has 4 heteroatoms. The van der Waals surface area contributed by atoms with Crippen molar-refractivity contribution in [3.63, 3.8) is 0 Å². The Hall–Kier alpha value is -1.39. The Morgan fingerprint density at radius 2 is 2.06 bits per heavy atom. The van der Waals surface area contributed by atoms with Gasteiger partial charge in [-0.1, -0.05) is 18.2 Å². The molecule has 1 saturated heterocycles. The smallest absolute Gasteiger partial charge is 0.338 e. The largest absolute Gasteiger partial charge is 0.456 e. The first kappa shape index (κ1) is 12.1. The van der Waals surface area contributed by atoms with Gasteiger partial charge in [0.15, 0.2) is 6.29 Å². The normalized spacial score (nSPS) is 28.7. The Morgan fingerprint density at radius 3 is 2.71 bits per heavy atom. The molecule has 0 aliphatic carbocycles. The van der Waals surface area contributed by atoms with E-state index in [1.54, 1.807) is 31.2 Å². The van der Waals surface area contributed by atoms with E-state index in [-0.39, 0.29) is 18.2 Å². The molecule has 1 aliphatic heterocycles. The van der Waals surface area contributed by atoms with Gasteiger partial charge in [-0.2, -0.15) is 0 Å². The van der Waals surface area contributed by atoms with Crippen molar-refractivity contribution in [3.05, 3.63) is 35.9 Å². The fourth-order valence-electron chi connectivity index (χ4n) is 1.88. The van der Waals surface area contributed by atoms with Gasteiger partial charge in [0, 0.05) is 6.42 Å². The van der Waals surface area contributed by atoms with E-state index >= 15 is 0 Å². The van der Waals surface area contributed by atoms with E-state index in [0.717, 1.165) is 0 Å². The van der Waals surface area contributed by atoms with Crippen LogP contribution in [0.25, 0.3) is 0 Å². The van der Waals surface area contributed by atoms with Gasteiger partial charge < -0.3 is 14.6 Å². The van der Waals surface area contributed by atoms with Crippen LogP contribution in [0.1, 0.15) is 30.1 Å². The predicted octanol–water partition coefficient (Wildman–Crippen LogP) is 1.73. The molecule has 0 radical (unpaired) electrons. The summed E-state index contributed by atoms with van der Waals surface area (Å²) in [6.07, 6.45) is -0.174. The molecule has 3 atom stereocenters. The molecule has 0 aromatic heterocycles. The van der Waals surface area contributed by atoms with Crippen LogP contribution < -0.4 is 0 Å². The summed E-state index contributed by atoms with van der Waals surface area (Å²) >= 11 is 0. The highest BCUT2D eigenvalue weighted by Gasteiger charge is 2.30. The fourth-order valence-corrected chi connectivity index (χ4v) is 1.88. The molecular formula is C13H16O4. The summed E-state index contributed by atoms with van der Waals surface area (Å²) in [6, 6.07) is 8.86. The minimum absolute atomic E-state index is 0.272. The second kappa shape index (κ2) is 5.29. The van der Waals surface area contributed by atoms with Crippen molar-refractivity contribution >= 4 is 5.97 Å². The van der Waals surface area contributed by atoms with E-state index in [2.05, 4.69) is 0 Å². The molecule has 1 fully saturated rings. The number of carbonyl (C=O) groups is 1. The van der Waals surface area contributed by atoms with Gasteiger partial charge in [-0.3, -0.25) is 0 Å². The molecule has 4 nitrogen and oxygen atoms in total. The van der Waals surface area contributed by atoms with Gasteiger partial charge in [-0.25, -0.2) is 4.79 Å². The second-order valence-corrected chi connectivity index (χ2v) is 4.18. The third-order valence-corrected chi connectivity index (χ3v) is 2.86. The Kier molecular flexibility index (Phi) is 3.76. The summed E-state index contributed by atoms with van der Waals surface area (Å²) in [5.74, 6) is -0.345. The SMILES string of the molecule is C[C@@H]1O[C@@H](O)CC[C@H]1OC(=O)c1ccccc1. The van der Waals surface area contributed by atoms with Gasteiger partial charge in [0.2, 0.25) is 0 Å². The molecule has 0 spiro atoms. The van der Waals surface area contributed by atoms with Crippen LogP contribution in [0.3, 0.4) is 0 Å². The van der Waals surface area contributed by atoms with Crippen LogP contribution in [-0.4, -0.2) is 29.6 Å². The summed E-state index contributed by atoms with van der Waals surface area (Å²) < 4.78 is 10.6. The van der Waals surface area contributed by atoms with Gasteiger partial charge in [0.25, 0.3) is 0 Å². The minimum atomic E-state index is -0.739. The molecule has 0 unspecified atom stereocenters. The standard InChI is InChI=1S/C13H16O4/c1-9-11(7-8-12(14)16-9)17-13(15)10-5-3-2-4-6-10/h2-6,9,11-12,14H,7-8H2,1H3/t9-,11+,12+/m0/s1. The number of carbonyl (C=O) groups excluding carboxylic acids is 1. The van der Waals surface area contributed by atoms with Crippen molar-refractivity contribution in [2.24, 2.45) is 0 Å². The minimum Gasteiger partial charge on any atom is -0.456 e. The van der Waals surface area contributed by atoms with Crippen LogP contribution in [-0.2, 0) is 9.47 Å². The lowest BCUT2D eigenvalue weighted by Crippen LogP contribution is -2.39. The first-order valence-electron chi connectivity index (χ1n) is 5.76. The zero-order valence-electron chi connectivity index (χ0n) is 9.70. The number of aliphatic hydroxyl groups is 1. The number of hydrogen-bond acceptors (Lipinski definition) is 4. The van der Waals surface area contributed by atoms with E-state index in [9.17, 15) is 9.90 Å². The number of hydrogen-bond donors (Lipinski definition) is 1. The van der Waals surface area contributed by atoms with Crippen LogP contribution >= 0.6 is 0 Å². The Balaban J connectivity index is 1.95. The first-order chi connectivity index (χ1) is 8.16. The second-order valence-electron chi connectivity index (χ2n) is 4.18. The van der Waals surface area contributed by atoms with Crippen LogP contribution in [0.15, 0.2) is 30.3 Å². The number of aliphatic hydroxyl groups excluding tert-OH is 1. The number of ether oxygens (including phenoxy) is 2. The van der Waals surface area contributed by atoms with Crippen LogP contribution in [0.2, 0.25) is 0 Å². The molecule has 2 rings (SSSR count). The lowest BCUT2D eigenvalue weighted by atomic mass is 10.1. The fraction of sp³-hybridized carbons (Fsp3) is 0.462. The average Bonchev–Trinajstić information content (AvgIpc) is 2.34. The summed E-state index contributed by atoms with van der Waals surface area (Å²) in [7, 11) is 0. The van der Waals surface area contributed by atoms with Gasteiger partial charge in [-0.15, -0.1) is 0 Å². The Bertz CT molecular complexity index is 376. The zero-order chi connectivity index (χ0) is 12.3. The maximum atomic E-state index is 11.8. The summed E-state index contributed by atoms with van der Waals surface area (Å²) in [5.41, 5.74) is 0.533. The quantitative estimate of drug-likeness (QED) is 0.794. The van der Waals surface area contributed by atoms with Crippen molar-refractivity contribution in [2.75, 3.05) is 0 Å². The van der Waals surface area contributed by atoms with E-state index in [1.807, 2.05) is 6.07 Å². The summed E-state index contributed by atoms with van der Waals surface area (Å²) in [6.45, 7) is 1.80. The molecule has 92 valence electrons. The molecule has 1 aromatic carbocycles. The lowest BCUT2D eigenvalue weighted by molar-refractivity contribution is -0.193. The molecule has 17 heavy (non-hydrogen) atoms. The summed E-state index contributed by atoms with van der Waals surface area (Å²) in [4.78, 5) is 11.8. The lowest BCUT2D eigenvalue weighted by Gasteiger charge is -2.31. The van der Waals surface area contributed by atoms with Crippen molar-refractivity contribution < 1.29 is 19.4 Å². The molecular weight excluding hydrogens is 220 g/mol. The van der Waals surface area contributed by atoms with E-state index in [0.29, 0.717) is 18.4 Å². The van der Waals surface area contributed by atoms with Gasteiger partial charge in [0.1, 0.15) is 6.10 Å². The Morgan fingerprint density at radius 1 is 1.35 bits per heavy atom. The van der Waals surface area contributed by atoms with Crippen molar-refractivity contribution in [1.29, 1.82) is 0 Å². The molecule has 0 bridgehead atoms. The average molecular weight is 236 g/mol. The van der Waals surface area contributed by atoms with E-state index in [4.69, 9.17) is 9.47 Å². The molecule has 1 N–H and O–H groups in total. The van der Waals surface area contributed by atoms with Gasteiger partial charge in [-0.05, 0) is 25.5 Å². The summed E-state index contributed by atoms with van der Waals surface area (Å²) in [5, 5.41) is 9.29. The van der Waals surface area contributed by atoms with E-state index in [1.165, 1.54) is 0 Å². The van der Waals surface area contributed by atoms with Gasteiger partial charge >= 0.3 is 5.97 Å². The van der Waals surface area contributed by atoms with Crippen LogP contribution in [0.4, 0.5) is 0 Å². The van der Waals surface area contributed by atoms with E-state index < -0.39 is 6.29 Å². The third kappa shape index (κ3) is 3.05. The highest BCUT2D eigenvalue weighted by molar-refractivity contribution is 5.89. The topological polar surface area (TPSA) is 55.8 Å². The van der Waals surface area contributed by atoms with Crippen molar-refractivity contribution in [3.8, 4) is 0 Å². The number of benzene rings is 1. The zero-order valence-corrected chi connectivity index (χ0v) is 9.70. The van der Waals surface area contributed by atoms with Gasteiger partial charge in [0.05, 0.1) is 11.7 Å². The highest BCUT2D eigenvalue weighted by Crippen LogP contribution is 2.21. The predicted molar refractivity (Wildman–Crippen MR) is 61.4 cm³/mol. The third-order valence-electron chi connectivity index (χ3n) is 2.86. The molecule has 1 aromatic rings. The molecule has 0 amide bonds. The monoisotopic (exact) mass is 236 g/mol. The Labute approximate surface area is 100 Å². The van der Waals surface area contributed by atoms with Crippen molar-refractivity contribution in [1.82, 2.24) is 0 Å². The molecule has 1 aliphatic rings. The molecule has 0 saturated carbocycles. The number of rotatable bonds is 2. The van der Waals surface area contributed by atoms with Crippen LogP contribution in [0, 0.1) is 0 Å². The van der Waals surface area contributed by atoms with Crippen molar-refractivity contribution in [2.45, 2.75) is 38.3 Å². The molecule has 1 heterocycles.